The summed E-state index contributed by atoms with van der Waals surface area (Å²) in [4.78, 5) is 1.06. The van der Waals surface area contributed by atoms with Crippen molar-refractivity contribution in [3.8, 4) is 0 Å². The summed E-state index contributed by atoms with van der Waals surface area (Å²) in [7, 11) is 0. The standard InChI is InChI=1S/C11H7BrCl2S/c12-8-4-2-1-3-7(8)11(14)9-5-6-10(13)15-9/h1-6,11H. The van der Waals surface area contributed by atoms with Crippen LogP contribution >= 0.6 is 50.5 Å². The van der Waals surface area contributed by atoms with Crippen LogP contribution in [0.25, 0.3) is 0 Å². The van der Waals surface area contributed by atoms with Crippen molar-refractivity contribution < 1.29 is 0 Å². The SMILES string of the molecule is Clc1ccc(C(Cl)c2ccccc2Br)s1. The summed E-state index contributed by atoms with van der Waals surface area (Å²) >= 11 is 17.3. The lowest BCUT2D eigenvalue weighted by Gasteiger charge is -2.09. The van der Waals surface area contributed by atoms with Crippen LogP contribution in [0.1, 0.15) is 15.8 Å². The van der Waals surface area contributed by atoms with E-state index in [1.54, 1.807) is 0 Å². The summed E-state index contributed by atoms with van der Waals surface area (Å²) in [6.07, 6.45) is 0. The molecule has 1 aromatic heterocycles. The van der Waals surface area contributed by atoms with Gasteiger partial charge in [0, 0.05) is 9.35 Å². The maximum Gasteiger partial charge on any atom is 0.0939 e. The molecule has 0 saturated carbocycles. The van der Waals surface area contributed by atoms with Crippen LogP contribution in [-0.2, 0) is 0 Å². The van der Waals surface area contributed by atoms with Gasteiger partial charge in [0.2, 0.25) is 0 Å². The molecule has 0 aliphatic rings. The minimum atomic E-state index is -0.141. The van der Waals surface area contributed by atoms with E-state index in [9.17, 15) is 0 Å². The molecule has 1 atom stereocenters. The van der Waals surface area contributed by atoms with Gasteiger partial charge in [-0.05, 0) is 23.8 Å². The van der Waals surface area contributed by atoms with Crippen molar-refractivity contribution in [1.29, 1.82) is 0 Å². The van der Waals surface area contributed by atoms with Gasteiger partial charge in [-0.15, -0.1) is 22.9 Å². The van der Waals surface area contributed by atoms with Crippen LogP contribution in [0.4, 0.5) is 0 Å². The molecule has 78 valence electrons. The molecule has 0 fully saturated rings. The summed E-state index contributed by atoms with van der Waals surface area (Å²) < 4.78 is 1.79. The molecule has 1 unspecified atom stereocenters. The lowest BCUT2D eigenvalue weighted by atomic mass is 10.1. The molecular formula is C11H7BrCl2S. The van der Waals surface area contributed by atoms with Gasteiger partial charge in [-0.25, -0.2) is 0 Å². The second-order valence-electron chi connectivity index (χ2n) is 3.03. The van der Waals surface area contributed by atoms with Crippen molar-refractivity contribution in [2.75, 3.05) is 0 Å². The number of benzene rings is 1. The number of rotatable bonds is 2. The Labute approximate surface area is 111 Å². The molecule has 0 radical (unpaired) electrons. The largest absolute Gasteiger partial charge is 0.127 e. The Balaban J connectivity index is 2.36. The first-order chi connectivity index (χ1) is 7.18. The predicted molar refractivity (Wildman–Crippen MR) is 71.2 cm³/mol. The lowest BCUT2D eigenvalue weighted by Crippen LogP contribution is -1.90. The fraction of sp³-hybridized carbons (Fsp3) is 0.0909. The number of hydrogen-bond donors (Lipinski definition) is 0. The lowest BCUT2D eigenvalue weighted by molar-refractivity contribution is 1.17. The molecule has 0 spiro atoms. The molecule has 4 heteroatoms. The van der Waals surface area contributed by atoms with E-state index in [1.807, 2.05) is 36.4 Å². The molecular weight excluding hydrogens is 315 g/mol. The molecule has 0 N–H and O–H groups in total. The Morgan fingerprint density at radius 3 is 2.47 bits per heavy atom. The fourth-order valence-corrected chi connectivity index (χ4v) is 3.40. The molecule has 15 heavy (non-hydrogen) atoms. The first-order valence-corrected chi connectivity index (χ1v) is 6.74. The van der Waals surface area contributed by atoms with Crippen LogP contribution in [0.15, 0.2) is 40.9 Å². The van der Waals surface area contributed by atoms with Gasteiger partial charge in [0.15, 0.2) is 0 Å². The van der Waals surface area contributed by atoms with E-state index < -0.39 is 0 Å². The summed E-state index contributed by atoms with van der Waals surface area (Å²) in [5.41, 5.74) is 1.07. The fourth-order valence-electron chi connectivity index (χ4n) is 1.30. The molecule has 2 aromatic rings. The van der Waals surface area contributed by atoms with Gasteiger partial charge in [0.1, 0.15) is 0 Å². The number of thiophene rings is 1. The molecule has 0 bridgehead atoms. The molecule has 1 aromatic carbocycles. The molecule has 0 aliphatic heterocycles. The summed E-state index contributed by atoms with van der Waals surface area (Å²) in [5, 5.41) is -0.141. The number of alkyl halides is 1. The van der Waals surface area contributed by atoms with Crippen molar-refractivity contribution in [3.63, 3.8) is 0 Å². The van der Waals surface area contributed by atoms with E-state index in [2.05, 4.69) is 15.9 Å². The average Bonchev–Trinajstić information content (AvgIpc) is 2.65. The Morgan fingerprint density at radius 2 is 1.87 bits per heavy atom. The zero-order valence-corrected chi connectivity index (χ0v) is 11.5. The molecule has 0 saturated heterocycles. The van der Waals surface area contributed by atoms with Crippen molar-refractivity contribution >= 4 is 50.5 Å². The van der Waals surface area contributed by atoms with E-state index in [4.69, 9.17) is 23.2 Å². The van der Waals surface area contributed by atoms with Crippen LogP contribution in [0.2, 0.25) is 4.34 Å². The molecule has 1 heterocycles. The summed E-state index contributed by atoms with van der Waals surface area (Å²) in [6, 6.07) is 11.8. The third-order valence-corrected chi connectivity index (χ3v) is 4.64. The van der Waals surface area contributed by atoms with Crippen LogP contribution in [0.5, 0.6) is 0 Å². The van der Waals surface area contributed by atoms with Gasteiger partial charge in [-0.1, -0.05) is 45.7 Å². The second kappa shape index (κ2) is 4.88. The minimum Gasteiger partial charge on any atom is -0.127 e. The zero-order chi connectivity index (χ0) is 10.8. The van der Waals surface area contributed by atoms with Crippen molar-refractivity contribution in [3.05, 3.63) is 55.6 Å². The Morgan fingerprint density at radius 1 is 1.13 bits per heavy atom. The Hall–Kier alpha value is -0.0200. The smallest absolute Gasteiger partial charge is 0.0939 e. The van der Waals surface area contributed by atoms with Crippen LogP contribution in [0, 0.1) is 0 Å². The molecule has 0 nitrogen and oxygen atoms in total. The highest BCUT2D eigenvalue weighted by molar-refractivity contribution is 9.10. The third kappa shape index (κ3) is 2.56. The summed E-state index contributed by atoms with van der Waals surface area (Å²) in [6.45, 7) is 0. The van der Waals surface area contributed by atoms with Gasteiger partial charge in [0.05, 0.1) is 9.71 Å². The van der Waals surface area contributed by atoms with Crippen LogP contribution < -0.4 is 0 Å². The molecule has 2 rings (SSSR count). The van der Waals surface area contributed by atoms with Gasteiger partial charge in [-0.2, -0.15) is 0 Å². The third-order valence-electron chi connectivity index (χ3n) is 2.02. The normalized spacial score (nSPS) is 12.7. The quantitative estimate of drug-likeness (QED) is 0.641. The topological polar surface area (TPSA) is 0 Å². The van der Waals surface area contributed by atoms with Crippen molar-refractivity contribution in [2.45, 2.75) is 5.38 Å². The highest BCUT2D eigenvalue weighted by atomic mass is 79.9. The Kier molecular flexibility index (Phi) is 3.73. The van der Waals surface area contributed by atoms with E-state index in [0.29, 0.717) is 0 Å². The first-order valence-electron chi connectivity index (χ1n) is 4.32. The van der Waals surface area contributed by atoms with Gasteiger partial charge in [0.25, 0.3) is 0 Å². The predicted octanol–water partition coefficient (Wildman–Crippen LogP) is 5.49. The van der Waals surface area contributed by atoms with E-state index in [-0.39, 0.29) is 5.38 Å². The maximum absolute atomic E-state index is 6.37. The van der Waals surface area contributed by atoms with Crippen molar-refractivity contribution in [2.24, 2.45) is 0 Å². The minimum absolute atomic E-state index is 0.141. The van der Waals surface area contributed by atoms with E-state index in [0.717, 1.165) is 19.2 Å². The van der Waals surface area contributed by atoms with Gasteiger partial charge in [-0.3, -0.25) is 0 Å². The first kappa shape index (κ1) is 11.5. The van der Waals surface area contributed by atoms with Gasteiger partial charge < -0.3 is 0 Å². The molecule has 0 aliphatic carbocycles. The van der Waals surface area contributed by atoms with Gasteiger partial charge >= 0.3 is 0 Å². The monoisotopic (exact) mass is 320 g/mol. The average molecular weight is 322 g/mol. The zero-order valence-electron chi connectivity index (χ0n) is 7.58. The van der Waals surface area contributed by atoms with Crippen LogP contribution in [0.3, 0.4) is 0 Å². The number of hydrogen-bond acceptors (Lipinski definition) is 1. The van der Waals surface area contributed by atoms with E-state index in [1.165, 1.54) is 11.3 Å². The number of halogens is 3. The molecule has 0 amide bonds. The Bertz CT molecular complexity index is 467. The van der Waals surface area contributed by atoms with Crippen LogP contribution in [-0.4, -0.2) is 0 Å². The highest BCUT2D eigenvalue weighted by Gasteiger charge is 2.15. The van der Waals surface area contributed by atoms with Crippen molar-refractivity contribution in [1.82, 2.24) is 0 Å². The second-order valence-corrected chi connectivity index (χ2v) is 6.06. The summed E-state index contributed by atoms with van der Waals surface area (Å²) in [5.74, 6) is 0. The maximum atomic E-state index is 6.37. The van der Waals surface area contributed by atoms with E-state index >= 15 is 0 Å². The highest BCUT2D eigenvalue weighted by Crippen LogP contribution is 2.38.